The Morgan fingerprint density at radius 1 is 0.897 bits per heavy atom. The molecule has 2 aromatic rings. The van der Waals surface area contributed by atoms with Crippen LogP contribution in [0.3, 0.4) is 0 Å². The summed E-state index contributed by atoms with van der Waals surface area (Å²) in [5.41, 5.74) is 4.35. The van der Waals surface area contributed by atoms with Crippen LogP contribution in [0.5, 0.6) is 5.75 Å². The summed E-state index contributed by atoms with van der Waals surface area (Å²) in [7, 11) is -3.82. The van der Waals surface area contributed by atoms with Crippen molar-refractivity contribution < 1.29 is 37.8 Å². The number of carbonyl (C=O) groups is 2. The fraction of sp³-hybridized carbons (Fsp3) is 0.707. The van der Waals surface area contributed by atoms with Gasteiger partial charge in [0.1, 0.15) is 41.8 Å². The normalized spacial score (nSPS) is 21.0. The highest BCUT2D eigenvalue weighted by Crippen LogP contribution is 2.46. The molecule has 1 saturated heterocycles. The average molecular weight is 850 g/mol. The Morgan fingerprint density at radius 2 is 1.45 bits per heavy atom. The van der Waals surface area contributed by atoms with Crippen molar-refractivity contribution in [1.29, 1.82) is 0 Å². The molecule has 328 valence electrons. The second-order valence-corrected chi connectivity index (χ2v) is 28.9. The van der Waals surface area contributed by atoms with E-state index in [1.807, 2.05) is 0 Å². The molecule has 15 nitrogen and oxygen atoms in total. The molecule has 1 aromatic carbocycles. The number of nitrogens with one attached hydrogen (secondary N) is 2. The van der Waals surface area contributed by atoms with Crippen LogP contribution in [0.2, 0.25) is 36.3 Å². The lowest BCUT2D eigenvalue weighted by atomic mass is 9.99. The van der Waals surface area contributed by atoms with E-state index < -0.39 is 82.2 Å². The smallest absolute Gasteiger partial charge is 0.333 e. The quantitative estimate of drug-likeness (QED) is 0.101. The molecule has 17 heteroatoms. The van der Waals surface area contributed by atoms with Crippen LogP contribution >= 0.6 is 0 Å². The molecule has 1 aliphatic heterocycles. The molecular formula is C41H71N5O10Si2. The van der Waals surface area contributed by atoms with Gasteiger partial charge in [-0.25, -0.2) is 4.79 Å². The molecule has 58 heavy (non-hydrogen) atoms. The van der Waals surface area contributed by atoms with Crippen LogP contribution in [0.4, 0.5) is 0 Å². The second-order valence-electron chi connectivity index (χ2n) is 19.3. The number of aromatic nitrogens is 2. The van der Waals surface area contributed by atoms with Gasteiger partial charge in [-0.15, -0.1) is 0 Å². The van der Waals surface area contributed by atoms with Crippen LogP contribution in [-0.4, -0.2) is 105 Å². The van der Waals surface area contributed by atoms with E-state index in [1.54, 1.807) is 59.1 Å². The van der Waals surface area contributed by atoms with E-state index in [2.05, 4.69) is 78.4 Å². The van der Waals surface area contributed by atoms with Gasteiger partial charge in [0.25, 0.3) is 5.56 Å². The number of aliphatic hydroxyl groups excluding tert-OH is 1. The average Bonchev–Trinajstić information content (AvgIpc) is 3.41. The van der Waals surface area contributed by atoms with Crippen molar-refractivity contribution in [3.63, 3.8) is 0 Å². The van der Waals surface area contributed by atoms with Crippen molar-refractivity contribution in [3.8, 4) is 5.75 Å². The van der Waals surface area contributed by atoms with Crippen LogP contribution in [0.25, 0.3) is 0 Å². The third-order valence-corrected chi connectivity index (χ3v) is 20.3. The lowest BCUT2D eigenvalue weighted by molar-refractivity contribution is -0.166. The number of carbonyl (C=O) groups excluding carboxylic acids is 2. The van der Waals surface area contributed by atoms with Gasteiger partial charge in [-0.05, 0) is 94.6 Å². The van der Waals surface area contributed by atoms with Crippen molar-refractivity contribution in [1.82, 2.24) is 19.8 Å². The predicted octanol–water partition coefficient (Wildman–Crippen LogP) is 4.26. The van der Waals surface area contributed by atoms with Gasteiger partial charge in [0.2, 0.25) is 5.91 Å². The fourth-order valence-electron chi connectivity index (χ4n) is 5.86. The van der Waals surface area contributed by atoms with E-state index in [9.17, 15) is 24.3 Å². The number of esters is 1. The molecule has 7 atom stereocenters. The monoisotopic (exact) mass is 849 g/mol. The standard InChI is InChI=1S/C41H71N5O10Si2/c1-26(42)35(49)44-23-16-22-43-30(37(50)54-39(2,3)4)31(48)32-33(55-57(12,13)40(5,6)7)34(56-58(14,15)41(8,9)10)36(53-32)45-24-21-29(47)46(38(45)51)25-27-17-19-28(52-11)20-18-27/h17-21,24,26,30-34,36,43,48H,16,22-23,25,42H2,1-15H3,(H,44,49)/t26-,30-,31+,32+,33+,34+,36+/m0/s1. The van der Waals surface area contributed by atoms with Gasteiger partial charge in [-0.3, -0.25) is 23.5 Å². The zero-order valence-electron chi connectivity index (χ0n) is 37.4. The van der Waals surface area contributed by atoms with E-state index in [-0.39, 0.29) is 35.6 Å². The summed E-state index contributed by atoms with van der Waals surface area (Å²) in [4.78, 5) is 53.8. The molecule has 0 bridgehead atoms. The number of rotatable bonds is 17. The molecule has 0 unspecified atom stereocenters. The van der Waals surface area contributed by atoms with Crippen molar-refractivity contribution in [2.24, 2.45) is 5.73 Å². The first-order valence-corrected chi connectivity index (χ1v) is 26.0. The number of hydrogen-bond acceptors (Lipinski definition) is 12. The Hall–Kier alpha value is -3.17. The summed E-state index contributed by atoms with van der Waals surface area (Å²) in [6.07, 6.45) is -4.09. The predicted molar refractivity (Wildman–Crippen MR) is 230 cm³/mol. The molecule has 0 aliphatic carbocycles. The summed E-state index contributed by atoms with van der Waals surface area (Å²) in [6.45, 7) is 28.2. The van der Waals surface area contributed by atoms with E-state index >= 15 is 0 Å². The topological polar surface area (TPSA) is 195 Å². The highest BCUT2D eigenvalue weighted by atomic mass is 28.4. The first kappa shape index (κ1) is 49.2. The lowest BCUT2D eigenvalue weighted by Gasteiger charge is -2.44. The first-order valence-electron chi connectivity index (χ1n) is 20.1. The number of benzene rings is 1. The van der Waals surface area contributed by atoms with E-state index in [0.717, 1.165) is 4.57 Å². The minimum atomic E-state index is -2.70. The first-order chi connectivity index (χ1) is 26.5. The molecule has 0 spiro atoms. The minimum Gasteiger partial charge on any atom is -0.497 e. The molecule has 3 rings (SSSR count). The number of ether oxygens (including phenoxy) is 3. The van der Waals surface area contributed by atoms with Gasteiger partial charge in [0.15, 0.2) is 22.9 Å². The van der Waals surface area contributed by atoms with Crippen molar-refractivity contribution in [2.75, 3.05) is 20.2 Å². The maximum absolute atomic E-state index is 14.5. The maximum Gasteiger partial charge on any atom is 0.333 e. The van der Waals surface area contributed by atoms with E-state index in [4.69, 9.17) is 28.8 Å². The number of hydrogen-bond donors (Lipinski definition) is 4. The van der Waals surface area contributed by atoms with Gasteiger partial charge < -0.3 is 44.5 Å². The number of methoxy groups -OCH3 is 1. The van der Waals surface area contributed by atoms with Gasteiger partial charge >= 0.3 is 11.7 Å². The van der Waals surface area contributed by atoms with Crippen LogP contribution < -0.4 is 32.4 Å². The fourth-order valence-corrected chi connectivity index (χ4v) is 8.45. The van der Waals surface area contributed by atoms with Crippen LogP contribution in [0.1, 0.15) is 87.4 Å². The molecule has 1 fully saturated rings. The largest absolute Gasteiger partial charge is 0.497 e. The summed E-state index contributed by atoms with van der Waals surface area (Å²) < 4.78 is 34.7. The Bertz CT molecular complexity index is 1810. The zero-order chi connectivity index (χ0) is 44.2. The Kier molecular flexibility index (Phi) is 16.2. The Morgan fingerprint density at radius 3 is 1.95 bits per heavy atom. The zero-order valence-corrected chi connectivity index (χ0v) is 39.4. The van der Waals surface area contributed by atoms with Gasteiger partial charge in [-0.1, -0.05) is 53.7 Å². The molecule has 0 saturated carbocycles. The van der Waals surface area contributed by atoms with Crippen LogP contribution in [-0.2, 0) is 34.5 Å². The maximum atomic E-state index is 14.5. The van der Waals surface area contributed by atoms with Gasteiger partial charge in [0.05, 0.1) is 19.7 Å². The number of amides is 1. The number of nitrogens with two attached hydrogens (primary N) is 1. The molecule has 5 N–H and O–H groups in total. The summed E-state index contributed by atoms with van der Waals surface area (Å²) >= 11 is 0. The SMILES string of the molecule is COc1ccc(Cn2c(=O)ccn([C@@H]3O[C@H]([C@H](O)[C@H](NCCCNC(=O)[C@H](C)N)C(=O)OC(C)(C)C)[C@@H](O[Si](C)(C)C(C)(C)C)[C@H]3O[Si](C)(C)C(C)(C)C)c2=O)cc1. The van der Waals surface area contributed by atoms with Crippen LogP contribution in [0.15, 0.2) is 46.1 Å². The Labute approximate surface area is 346 Å². The van der Waals surface area contributed by atoms with Gasteiger partial charge in [0, 0.05) is 18.8 Å². The second kappa shape index (κ2) is 19.0. The third kappa shape index (κ3) is 12.4. The minimum absolute atomic E-state index is 0.0196. The van der Waals surface area contributed by atoms with Crippen molar-refractivity contribution in [3.05, 3.63) is 62.9 Å². The highest BCUT2D eigenvalue weighted by molar-refractivity contribution is 6.74. The summed E-state index contributed by atoms with van der Waals surface area (Å²) in [5, 5.41) is 17.8. The van der Waals surface area contributed by atoms with Crippen LogP contribution in [0, 0.1) is 0 Å². The lowest BCUT2D eigenvalue weighted by Crippen LogP contribution is -2.59. The molecule has 1 aromatic heterocycles. The van der Waals surface area contributed by atoms with Crippen molar-refractivity contribution >= 4 is 28.5 Å². The summed E-state index contributed by atoms with van der Waals surface area (Å²) in [5.74, 6) is -0.390. The summed E-state index contributed by atoms with van der Waals surface area (Å²) in [6, 6.07) is 6.39. The van der Waals surface area contributed by atoms with E-state index in [0.29, 0.717) is 17.7 Å². The highest BCUT2D eigenvalue weighted by Gasteiger charge is 2.57. The molecular weight excluding hydrogens is 779 g/mol. The van der Waals surface area contributed by atoms with Crippen molar-refractivity contribution in [2.45, 2.75) is 167 Å². The van der Waals surface area contributed by atoms with Gasteiger partial charge in [-0.2, -0.15) is 0 Å². The third-order valence-electron chi connectivity index (χ3n) is 11.3. The molecule has 0 radical (unpaired) electrons. The molecule has 1 amide bonds. The molecule has 1 aliphatic rings. The molecule has 2 heterocycles. The van der Waals surface area contributed by atoms with E-state index in [1.165, 1.54) is 16.8 Å². The Balaban J connectivity index is 2.22. The number of aliphatic hydroxyl groups is 1. The number of nitrogens with zero attached hydrogens (tertiary/aromatic N) is 2.